The first kappa shape index (κ1) is 21.1. The summed E-state index contributed by atoms with van der Waals surface area (Å²) in [6, 6.07) is 22.1. The number of hydrogen-bond donors (Lipinski definition) is 1. The molecule has 0 aliphatic heterocycles. The molecule has 0 fully saturated rings. The van der Waals surface area contributed by atoms with E-state index in [9.17, 15) is 14.9 Å². The second-order valence-corrected chi connectivity index (χ2v) is 8.84. The number of fused-ring (bicyclic) bond motifs is 1. The van der Waals surface area contributed by atoms with Gasteiger partial charge in [0.15, 0.2) is 0 Å². The molecule has 1 heterocycles. The van der Waals surface area contributed by atoms with E-state index in [1.165, 1.54) is 23.9 Å². The van der Waals surface area contributed by atoms with E-state index in [-0.39, 0.29) is 11.6 Å². The normalized spacial score (nSPS) is 10.9. The predicted molar refractivity (Wildman–Crippen MR) is 128 cm³/mol. The number of para-hydroxylation sites is 1. The molecular weight excluding hydrogens is 478 g/mol. The van der Waals surface area contributed by atoms with Crippen LogP contribution in [0.1, 0.15) is 5.56 Å². The van der Waals surface area contributed by atoms with E-state index in [1.807, 2.05) is 54.7 Å². The molecule has 1 aromatic heterocycles. The van der Waals surface area contributed by atoms with Gasteiger partial charge in [0.1, 0.15) is 0 Å². The fourth-order valence-corrected chi connectivity index (χ4v) is 4.41. The van der Waals surface area contributed by atoms with Crippen LogP contribution in [0.2, 0.25) is 0 Å². The lowest BCUT2D eigenvalue weighted by atomic mass is 10.2. The smallest absolute Gasteiger partial charge is 0.269 e. The minimum absolute atomic E-state index is 0.0699. The number of thioether (sulfide) groups is 1. The predicted octanol–water partition coefficient (Wildman–Crippen LogP) is 6.09. The lowest BCUT2D eigenvalue weighted by Crippen LogP contribution is -2.13. The molecule has 0 aliphatic carbocycles. The van der Waals surface area contributed by atoms with Crippen LogP contribution in [0.3, 0.4) is 0 Å². The minimum atomic E-state index is -0.400. The van der Waals surface area contributed by atoms with Crippen LogP contribution in [0.4, 0.5) is 11.4 Å². The van der Waals surface area contributed by atoms with Crippen molar-refractivity contribution in [3.8, 4) is 0 Å². The van der Waals surface area contributed by atoms with E-state index in [4.69, 9.17) is 0 Å². The van der Waals surface area contributed by atoms with Crippen molar-refractivity contribution in [1.29, 1.82) is 0 Å². The molecule has 1 amide bonds. The Morgan fingerprint density at radius 3 is 2.45 bits per heavy atom. The molecule has 0 saturated carbocycles. The van der Waals surface area contributed by atoms with E-state index in [2.05, 4.69) is 25.8 Å². The number of aromatic nitrogens is 1. The first-order chi connectivity index (χ1) is 15.0. The van der Waals surface area contributed by atoms with Crippen LogP contribution in [0.15, 0.2) is 88.4 Å². The molecule has 3 aromatic carbocycles. The minimum Gasteiger partial charge on any atom is -0.342 e. The molecule has 156 valence electrons. The Hall–Kier alpha value is -3.10. The summed E-state index contributed by atoms with van der Waals surface area (Å²) in [6.45, 7) is 0.587. The first-order valence-electron chi connectivity index (χ1n) is 9.49. The van der Waals surface area contributed by atoms with Crippen molar-refractivity contribution in [2.24, 2.45) is 0 Å². The first-order valence-corrected chi connectivity index (χ1v) is 11.3. The van der Waals surface area contributed by atoms with E-state index in [0.29, 0.717) is 12.3 Å². The van der Waals surface area contributed by atoms with Crippen LogP contribution in [0.25, 0.3) is 10.9 Å². The third kappa shape index (κ3) is 5.15. The number of carbonyl (C=O) groups is 1. The summed E-state index contributed by atoms with van der Waals surface area (Å²) >= 11 is 4.87. The third-order valence-corrected chi connectivity index (χ3v) is 6.31. The Bertz CT molecular complexity index is 1240. The number of benzene rings is 3. The lowest BCUT2D eigenvalue weighted by Gasteiger charge is -2.05. The number of rotatable bonds is 7. The summed E-state index contributed by atoms with van der Waals surface area (Å²) in [5, 5.41) is 14.8. The average Bonchev–Trinajstić information content (AvgIpc) is 3.12. The summed E-state index contributed by atoms with van der Waals surface area (Å²) in [6.07, 6.45) is 2.03. The number of anilines is 1. The van der Waals surface area contributed by atoms with Crippen molar-refractivity contribution in [1.82, 2.24) is 4.57 Å². The Kier molecular flexibility index (Phi) is 6.39. The van der Waals surface area contributed by atoms with Crippen molar-refractivity contribution in [2.45, 2.75) is 11.4 Å². The van der Waals surface area contributed by atoms with E-state index < -0.39 is 4.92 Å². The van der Waals surface area contributed by atoms with Gasteiger partial charge in [-0.1, -0.05) is 46.3 Å². The third-order valence-electron chi connectivity index (χ3n) is 4.74. The Balaban J connectivity index is 1.49. The van der Waals surface area contributed by atoms with Gasteiger partial charge in [0.25, 0.3) is 5.69 Å². The van der Waals surface area contributed by atoms with Crippen LogP contribution >= 0.6 is 27.7 Å². The van der Waals surface area contributed by atoms with Gasteiger partial charge in [-0.3, -0.25) is 14.9 Å². The highest BCUT2D eigenvalue weighted by Crippen LogP contribution is 2.31. The molecule has 0 saturated heterocycles. The molecular formula is C23H18BrN3O3S. The molecule has 4 aromatic rings. The quantitative estimate of drug-likeness (QED) is 0.191. The topological polar surface area (TPSA) is 77.2 Å². The molecule has 8 heteroatoms. The maximum Gasteiger partial charge on any atom is 0.269 e. The van der Waals surface area contributed by atoms with Crippen molar-refractivity contribution >= 4 is 55.9 Å². The van der Waals surface area contributed by atoms with Crippen molar-refractivity contribution in [2.75, 3.05) is 11.1 Å². The summed E-state index contributed by atoms with van der Waals surface area (Å²) in [7, 11) is 0. The van der Waals surface area contributed by atoms with Gasteiger partial charge in [-0.25, -0.2) is 0 Å². The lowest BCUT2D eigenvalue weighted by molar-refractivity contribution is -0.384. The van der Waals surface area contributed by atoms with Gasteiger partial charge >= 0.3 is 0 Å². The van der Waals surface area contributed by atoms with Crippen LogP contribution in [0.5, 0.6) is 0 Å². The Morgan fingerprint density at radius 2 is 1.74 bits per heavy atom. The molecule has 4 rings (SSSR count). The number of nitrogens with one attached hydrogen (secondary N) is 1. The maximum atomic E-state index is 12.4. The fourth-order valence-electron chi connectivity index (χ4n) is 3.25. The van der Waals surface area contributed by atoms with Crippen molar-refractivity contribution in [3.05, 3.63) is 99.1 Å². The zero-order valence-electron chi connectivity index (χ0n) is 16.3. The van der Waals surface area contributed by atoms with E-state index in [1.54, 1.807) is 12.1 Å². The molecule has 0 aliphatic rings. The molecule has 0 atom stereocenters. The van der Waals surface area contributed by atoms with Gasteiger partial charge in [0, 0.05) is 50.8 Å². The number of hydrogen-bond acceptors (Lipinski definition) is 4. The average molecular weight is 496 g/mol. The maximum absolute atomic E-state index is 12.4. The van der Waals surface area contributed by atoms with Gasteiger partial charge in [0.05, 0.1) is 10.7 Å². The van der Waals surface area contributed by atoms with Crippen LogP contribution in [-0.4, -0.2) is 21.2 Å². The summed E-state index contributed by atoms with van der Waals surface area (Å²) in [5.74, 6) is 0.223. The van der Waals surface area contributed by atoms with E-state index >= 15 is 0 Å². The number of amides is 1. The number of nitrogens with zero attached hydrogens (tertiary/aromatic N) is 2. The van der Waals surface area contributed by atoms with Crippen molar-refractivity contribution < 1.29 is 9.72 Å². The number of carbonyl (C=O) groups excluding carboxylic acids is 1. The second-order valence-electron chi connectivity index (χ2n) is 6.91. The molecule has 0 bridgehead atoms. The Labute approximate surface area is 191 Å². The number of nitro groups is 1. The zero-order valence-corrected chi connectivity index (χ0v) is 18.7. The number of nitro benzene ring substituents is 1. The fraction of sp³-hybridized carbons (Fsp3) is 0.0870. The highest BCUT2D eigenvalue weighted by Gasteiger charge is 2.12. The molecule has 31 heavy (non-hydrogen) atoms. The molecule has 0 unspecified atom stereocenters. The van der Waals surface area contributed by atoms with Gasteiger partial charge in [-0.2, -0.15) is 0 Å². The molecule has 0 radical (unpaired) electrons. The molecule has 1 N–H and O–H groups in total. The van der Waals surface area contributed by atoms with Crippen LogP contribution in [-0.2, 0) is 11.3 Å². The summed E-state index contributed by atoms with van der Waals surface area (Å²) in [4.78, 5) is 23.9. The summed E-state index contributed by atoms with van der Waals surface area (Å²) < 4.78 is 3.06. The molecule has 6 nitrogen and oxygen atoms in total. The largest absolute Gasteiger partial charge is 0.342 e. The number of non-ortho nitro benzene ring substituents is 1. The van der Waals surface area contributed by atoms with E-state index in [0.717, 1.165) is 31.5 Å². The van der Waals surface area contributed by atoms with Crippen LogP contribution < -0.4 is 5.32 Å². The van der Waals surface area contributed by atoms with Crippen molar-refractivity contribution in [3.63, 3.8) is 0 Å². The van der Waals surface area contributed by atoms with Gasteiger partial charge in [-0.05, 0) is 35.9 Å². The standard InChI is InChI=1S/C23H18BrN3O3S/c24-17-7-9-18(10-8-17)25-23(28)15-31-22-14-26(21-4-2-1-3-20(21)22)13-16-5-11-19(12-6-16)27(29)30/h1-12,14H,13,15H2,(H,25,28). The van der Waals surface area contributed by atoms with Crippen LogP contribution in [0, 0.1) is 10.1 Å². The molecule has 0 spiro atoms. The van der Waals surface area contributed by atoms with Gasteiger partial charge in [-0.15, -0.1) is 11.8 Å². The highest BCUT2D eigenvalue weighted by molar-refractivity contribution is 9.10. The monoisotopic (exact) mass is 495 g/mol. The highest BCUT2D eigenvalue weighted by atomic mass is 79.9. The number of halogens is 1. The zero-order chi connectivity index (χ0) is 21.8. The van der Waals surface area contributed by atoms with Gasteiger partial charge in [0.2, 0.25) is 5.91 Å². The Morgan fingerprint density at radius 1 is 1.03 bits per heavy atom. The SMILES string of the molecule is O=C(CSc1cn(Cc2ccc([N+](=O)[O-])cc2)c2ccccc12)Nc1ccc(Br)cc1. The summed E-state index contributed by atoms with van der Waals surface area (Å²) in [5.41, 5.74) is 2.86. The second kappa shape index (κ2) is 9.36. The van der Waals surface area contributed by atoms with Gasteiger partial charge < -0.3 is 9.88 Å².